The molecule has 0 radical (unpaired) electrons. The number of benzene rings is 18. The molecule has 37 rings (SSSR count). The molecule has 0 amide bonds. The number of fused-ring (bicyclic) bond motifs is 21. The Bertz CT molecular complexity index is 8310. The van der Waals surface area contributed by atoms with Gasteiger partial charge in [0.25, 0.3) is 0 Å². The predicted octanol–water partition coefficient (Wildman–Crippen LogP) is 38.5. The van der Waals surface area contributed by atoms with Crippen LogP contribution in [0.3, 0.4) is 0 Å². The van der Waals surface area contributed by atoms with Crippen molar-refractivity contribution in [2.24, 2.45) is 71.0 Å². The smallest absolute Gasteiger partial charge is 0.135 e. The third-order valence-electron chi connectivity index (χ3n) is 38.3. The van der Waals surface area contributed by atoms with E-state index in [4.69, 9.17) is 8.83 Å². The number of para-hydroxylation sites is 2. The minimum absolute atomic E-state index is 0.159. The molecule has 0 atom stereocenters. The van der Waals surface area contributed by atoms with Gasteiger partial charge in [0.15, 0.2) is 0 Å². The minimum atomic E-state index is 0.159. The first-order valence-corrected chi connectivity index (χ1v) is 55.4. The first kappa shape index (κ1) is 83.8. The lowest BCUT2D eigenvalue weighted by Crippen LogP contribution is -2.55. The minimum Gasteiger partial charge on any atom is -0.456 e. The average molecular weight is 1910 g/mol. The lowest BCUT2D eigenvalue weighted by Gasteiger charge is -2.61. The standard InChI is InChI=1S/C46H35NO2.C46H35NS2.C46H39N/c2*1-4-10-40-34(7-1)37-24-31(13-16-41(37)46(40)29-20-27-19-28(22-29)23-30(46)21-27)47(32-14-17-44-38(25-32)35-8-2-5-11-42(35)48-44)33-15-18-45-39(26-33)36-9-3-6-12-43(36)49-45;1-3-11-33(12-4-1)35-15-9-17-39(28-35)47(40-18-10-16-36(29-40)34-13-5-2-6-14-34)41-21-22-45-43(30-41)42-19-7-8-20-44(42)46(45)37-24-31-23-32(26-37)27-38(46)25-31/h2*1-18,24-30H,19-23H2;1-22,28-32,37-38H,23-27H2. The van der Waals surface area contributed by atoms with Crippen LogP contribution in [0.5, 0.6) is 0 Å². The van der Waals surface area contributed by atoms with Crippen LogP contribution in [-0.2, 0) is 16.2 Å². The number of nitrogens with zero attached hydrogens (tertiary/aromatic N) is 3. The molecule has 15 aliphatic carbocycles. The molecule has 3 spiro atoms. The lowest BCUT2D eigenvalue weighted by molar-refractivity contribution is -0.0399. The summed E-state index contributed by atoms with van der Waals surface area (Å²) >= 11 is 3.79. The number of hydrogen-bond acceptors (Lipinski definition) is 7. The van der Waals surface area contributed by atoms with Crippen LogP contribution in [0.2, 0.25) is 0 Å². The Labute approximate surface area is 854 Å². The molecular weight excluding hydrogens is 1800 g/mol. The van der Waals surface area contributed by atoms with Crippen LogP contribution in [0.15, 0.2) is 415 Å². The van der Waals surface area contributed by atoms with Crippen molar-refractivity contribution in [1.29, 1.82) is 0 Å². The maximum absolute atomic E-state index is 6.27. The number of rotatable bonds is 11. The third-order valence-corrected chi connectivity index (χ3v) is 40.6. The van der Waals surface area contributed by atoms with Crippen molar-refractivity contribution in [3.8, 4) is 55.6 Å². The zero-order valence-electron chi connectivity index (χ0n) is 81.2. The average Bonchev–Trinajstić information content (AvgIpc) is 1.54. The maximum atomic E-state index is 6.27. The van der Waals surface area contributed by atoms with Gasteiger partial charge in [-0.1, -0.05) is 249 Å². The second-order valence-electron chi connectivity index (χ2n) is 45.3. The van der Waals surface area contributed by atoms with Gasteiger partial charge in [0, 0.05) is 129 Å². The molecule has 5 nitrogen and oxygen atoms in total. The van der Waals surface area contributed by atoms with Crippen LogP contribution in [0.4, 0.5) is 51.2 Å². The summed E-state index contributed by atoms with van der Waals surface area (Å²) < 4.78 is 17.9. The van der Waals surface area contributed by atoms with E-state index in [0.717, 1.165) is 126 Å². The monoisotopic (exact) mass is 1900 g/mol. The number of furan rings is 2. The number of hydrogen-bond donors (Lipinski definition) is 0. The van der Waals surface area contributed by atoms with Crippen LogP contribution in [-0.4, -0.2) is 0 Å². The van der Waals surface area contributed by atoms with Crippen molar-refractivity contribution < 1.29 is 8.83 Å². The molecule has 0 aliphatic heterocycles. The Kier molecular flexibility index (Phi) is 18.6. The summed E-state index contributed by atoms with van der Waals surface area (Å²) in [6, 6.07) is 152. The van der Waals surface area contributed by atoms with E-state index in [1.807, 2.05) is 34.8 Å². The van der Waals surface area contributed by atoms with Gasteiger partial charge in [0.2, 0.25) is 0 Å². The van der Waals surface area contributed by atoms with Crippen molar-refractivity contribution in [2.45, 2.75) is 113 Å². The molecule has 22 aromatic rings. The molecule has 0 N–H and O–H groups in total. The van der Waals surface area contributed by atoms with Gasteiger partial charge in [0.05, 0.1) is 0 Å². The van der Waals surface area contributed by atoms with Gasteiger partial charge >= 0.3 is 0 Å². The fourth-order valence-corrected chi connectivity index (χ4v) is 35.7. The Hall–Kier alpha value is -14.6. The quantitative estimate of drug-likeness (QED) is 0.129. The van der Waals surface area contributed by atoms with E-state index in [0.29, 0.717) is 0 Å². The largest absolute Gasteiger partial charge is 0.456 e. The topological polar surface area (TPSA) is 36.0 Å². The van der Waals surface area contributed by atoms with E-state index < -0.39 is 0 Å². The molecule has 700 valence electrons. The fourth-order valence-electron chi connectivity index (χ4n) is 33.5. The summed E-state index contributed by atoms with van der Waals surface area (Å²) in [5.74, 6) is 10.3. The Balaban J connectivity index is 0.0000000971. The third kappa shape index (κ3) is 12.5. The highest BCUT2D eigenvalue weighted by atomic mass is 32.1. The SMILES string of the molecule is c1ccc(-c2cccc(N(c3cccc(-c4ccccc4)c3)c3ccc4c(c3)-c3ccccc3C43C4CC5CC(C4)CC3C5)c2)cc1.c1ccc2c(c1)-c1cc(N(c3ccc4oc5ccccc5c4c3)c3ccc4oc5ccccc5c4c3)ccc1C21C2CC3CC(C2)CC1C3.c1ccc2c(c1)-c1cc(N(c3ccc4sc5ccccc5c4c3)c3ccc4sc5ccccc5c4c3)ccc1C21C2CC3CC(C2)CC1C3. The Morgan fingerprint density at radius 3 is 0.786 bits per heavy atom. The van der Waals surface area contributed by atoms with Crippen LogP contribution in [0, 0.1) is 71.0 Å². The highest BCUT2D eigenvalue weighted by molar-refractivity contribution is 7.26. The first-order chi connectivity index (χ1) is 71.7. The van der Waals surface area contributed by atoms with Crippen LogP contribution >= 0.6 is 22.7 Å². The molecule has 0 saturated heterocycles. The molecule has 0 unspecified atom stereocenters. The van der Waals surface area contributed by atoms with Gasteiger partial charge in [0.1, 0.15) is 22.3 Å². The van der Waals surface area contributed by atoms with Crippen molar-refractivity contribution in [3.05, 3.63) is 440 Å². The van der Waals surface area contributed by atoms with Gasteiger partial charge in [-0.05, 0) is 414 Å². The van der Waals surface area contributed by atoms with Gasteiger partial charge < -0.3 is 23.5 Å². The molecule has 15 aliphatic rings. The molecule has 4 aromatic heterocycles. The highest BCUT2D eigenvalue weighted by Crippen LogP contribution is 2.74. The molecule has 12 saturated carbocycles. The van der Waals surface area contributed by atoms with E-state index in [2.05, 4.69) is 409 Å². The first-order valence-electron chi connectivity index (χ1n) is 53.8. The molecule has 12 bridgehead atoms. The fraction of sp³-hybridized carbons (Fsp3) is 0.217. The van der Waals surface area contributed by atoms with E-state index in [1.165, 1.54) is 232 Å². The van der Waals surface area contributed by atoms with E-state index in [1.54, 1.807) is 33.4 Å². The Morgan fingerprint density at radius 2 is 0.428 bits per heavy atom. The molecule has 18 aromatic carbocycles. The van der Waals surface area contributed by atoms with Gasteiger partial charge in [-0.3, -0.25) is 0 Å². The number of thiophene rings is 2. The number of anilines is 9. The van der Waals surface area contributed by atoms with E-state index >= 15 is 0 Å². The molecular formula is C138H109N3O2S2. The molecule has 12 fully saturated rings. The molecule has 7 heteroatoms. The summed E-state index contributed by atoms with van der Waals surface area (Å²) in [6.07, 6.45) is 21.3. The van der Waals surface area contributed by atoms with Crippen LogP contribution in [0.25, 0.3) is 140 Å². The second-order valence-corrected chi connectivity index (χ2v) is 47.5. The van der Waals surface area contributed by atoms with Crippen molar-refractivity contribution in [1.82, 2.24) is 0 Å². The summed E-state index contributed by atoms with van der Waals surface area (Å²) in [6.45, 7) is 0. The van der Waals surface area contributed by atoms with Crippen LogP contribution in [0.1, 0.15) is 130 Å². The van der Waals surface area contributed by atoms with Gasteiger partial charge in [-0.2, -0.15) is 0 Å². The summed E-state index contributed by atoms with van der Waals surface area (Å²) in [5.41, 5.74) is 38.1. The second kappa shape index (κ2) is 32.2. The normalized spacial score (nSPS) is 24.8. The van der Waals surface area contributed by atoms with E-state index in [9.17, 15) is 0 Å². The van der Waals surface area contributed by atoms with Gasteiger partial charge in [-0.15, -0.1) is 22.7 Å². The summed E-state index contributed by atoms with van der Waals surface area (Å²) in [4.78, 5) is 7.44. The van der Waals surface area contributed by atoms with Crippen LogP contribution < -0.4 is 14.7 Å². The zero-order valence-corrected chi connectivity index (χ0v) is 82.8. The molecule has 4 heterocycles. The maximum Gasteiger partial charge on any atom is 0.135 e. The zero-order chi connectivity index (χ0) is 94.6. The Morgan fingerprint density at radius 1 is 0.172 bits per heavy atom. The van der Waals surface area contributed by atoms with E-state index in [-0.39, 0.29) is 16.2 Å². The molecule has 145 heavy (non-hydrogen) atoms. The highest BCUT2D eigenvalue weighted by Gasteiger charge is 2.65. The lowest BCUT2D eigenvalue weighted by atomic mass is 9.43. The summed E-state index contributed by atoms with van der Waals surface area (Å²) in [5, 5.41) is 9.91. The van der Waals surface area contributed by atoms with Crippen molar-refractivity contribution in [2.75, 3.05) is 14.7 Å². The van der Waals surface area contributed by atoms with Crippen molar-refractivity contribution >= 4 is 158 Å². The predicted molar refractivity (Wildman–Crippen MR) is 604 cm³/mol. The van der Waals surface area contributed by atoms with Gasteiger partial charge in [-0.25, -0.2) is 0 Å². The van der Waals surface area contributed by atoms with Crippen molar-refractivity contribution in [3.63, 3.8) is 0 Å². The summed E-state index contributed by atoms with van der Waals surface area (Å²) in [7, 11) is 0.